The Hall–Kier alpha value is -0.710. The largest absolute Gasteiger partial charge is 0.196 e. The molecule has 1 rings (SSSR count). The molecule has 0 N–H and O–H groups in total. The van der Waals surface area contributed by atoms with Crippen molar-refractivity contribution in [2.24, 2.45) is 0 Å². The van der Waals surface area contributed by atoms with E-state index in [0.29, 0.717) is 10.6 Å². The molecular formula is C8H5Cl2N. The Labute approximate surface area is 75.2 Å². The summed E-state index contributed by atoms with van der Waals surface area (Å²) < 4.78 is 0. The summed E-state index contributed by atoms with van der Waals surface area (Å²) in [6, 6.07) is 8.95. The minimum absolute atomic E-state index is 0.536. The van der Waals surface area contributed by atoms with Crippen LogP contribution in [0.1, 0.15) is 10.9 Å². The summed E-state index contributed by atoms with van der Waals surface area (Å²) in [5.41, 5.74) is 0.665. The maximum Gasteiger partial charge on any atom is 0.146 e. The van der Waals surface area contributed by atoms with Gasteiger partial charge >= 0.3 is 0 Å². The van der Waals surface area contributed by atoms with Gasteiger partial charge in [-0.05, 0) is 6.07 Å². The zero-order valence-electron chi connectivity index (χ0n) is 5.59. The van der Waals surface area contributed by atoms with Crippen LogP contribution >= 0.6 is 23.2 Å². The standard InChI is InChI=1S/C8H5Cl2N/c9-7-4-2-1-3-6(7)8(10)5-11/h1-4,8H. The summed E-state index contributed by atoms with van der Waals surface area (Å²) in [6.07, 6.45) is 0. The Morgan fingerprint density at radius 1 is 1.36 bits per heavy atom. The van der Waals surface area contributed by atoms with E-state index in [9.17, 15) is 0 Å². The van der Waals surface area contributed by atoms with Gasteiger partial charge in [0.05, 0.1) is 6.07 Å². The monoisotopic (exact) mass is 185 g/mol. The number of nitrogens with zero attached hydrogens (tertiary/aromatic N) is 1. The maximum atomic E-state index is 8.47. The van der Waals surface area contributed by atoms with E-state index in [1.165, 1.54) is 0 Å². The molecule has 0 aromatic heterocycles. The van der Waals surface area contributed by atoms with Gasteiger partial charge in [0.1, 0.15) is 5.38 Å². The lowest BCUT2D eigenvalue weighted by atomic mass is 10.2. The quantitative estimate of drug-likeness (QED) is 0.618. The third kappa shape index (κ3) is 1.86. The molecule has 56 valence electrons. The normalized spacial score (nSPS) is 12.1. The van der Waals surface area contributed by atoms with Crippen LogP contribution in [0, 0.1) is 11.3 Å². The average Bonchev–Trinajstić information content (AvgIpc) is 2.04. The Morgan fingerprint density at radius 2 is 2.00 bits per heavy atom. The van der Waals surface area contributed by atoms with Crippen LogP contribution in [0.4, 0.5) is 0 Å². The van der Waals surface area contributed by atoms with Crippen LogP contribution < -0.4 is 0 Å². The van der Waals surface area contributed by atoms with Crippen molar-refractivity contribution in [1.82, 2.24) is 0 Å². The highest BCUT2D eigenvalue weighted by molar-refractivity contribution is 6.33. The molecule has 0 aliphatic carbocycles. The van der Waals surface area contributed by atoms with Crippen molar-refractivity contribution in [2.75, 3.05) is 0 Å². The predicted octanol–water partition coefficient (Wildman–Crippen LogP) is 3.14. The van der Waals surface area contributed by atoms with Gasteiger partial charge in [0.25, 0.3) is 0 Å². The van der Waals surface area contributed by atoms with Gasteiger partial charge in [-0.25, -0.2) is 0 Å². The molecule has 0 heterocycles. The second kappa shape index (κ2) is 3.61. The van der Waals surface area contributed by atoms with Crippen molar-refractivity contribution in [3.63, 3.8) is 0 Å². The molecule has 0 bridgehead atoms. The van der Waals surface area contributed by atoms with E-state index >= 15 is 0 Å². The molecule has 0 saturated carbocycles. The minimum atomic E-state index is -0.649. The zero-order valence-corrected chi connectivity index (χ0v) is 7.10. The fourth-order valence-electron chi connectivity index (χ4n) is 0.750. The highest BCUT2D eigenvalue weighted by atomic mass is 35.5. The van der Waals surface area contributed by atoms with E-state index in [2.05, 4.69) is 0 Å². The van der Waals surface area contributed by atoms with Crippen LogP contribution in [0.3, 0.4) is 0 Å². The lowest BCUT2D eigenvalue weighted by Crippen LogP contribution is -1.86. The third-order valence-electron chi connectivity index (χ3n) is 1.29. The predicted molar refractivity (Wildman–Crippen MR) is 45.7 cm³/mol. The number of hydrogen-bond donors (Lipinski definition) is 0. The van der Waals surface area contributed by atoms with Gasteiger partial charge in [-0.2, -0.15) is 5.26 Å². The molecule has 0 radical (unpaired) electrons. The number of halogens is 2. The first-order valence-corrected chi connectivity index (χ1v) is 3.85. The van der Waals surface area contributed by atoms with E-state index in [-0.39, 0.29) is 0 Å². The second-order valence-corrected chi connectivity index (χ2v) is 2.86. The second-order valence-electron chi connectivity index (χ2n) is 2.01. The molecule has 0 aliphatic rings. The molecule has 1 nitrogen and oxygen atoms in total. The maximum absolute atomic E-state index is 8.47. The van der Waals surface area contributed by atoms with Gasteiger partial charge in [-0.3, -0.25) is 0 Å². The molecule has 1 aromatic carbocycles. The fraction of sp³-hybridized carbons (Fsp3) is 0.125. The topological polar surface area (TPSA) is 23.8 Å². The molecule has 3 heteroatoms. The highest BCUT2D eigenvalue weighted by Crippen LogP contribution is 2.26. The Morgan fingerprint density at radius 3 is 2.55 bits per heavy atom. The molecule has 1 unspecified atom stereocenters. The number of nitriles is 1. The van der Waals surface area contributed by atoms with Gasteiger partial charge in [0.15, 0.2) is 0 Å². The summed E-state index contributed by atoms with van der Waals surface area (Å²) in [6.45, 7) is 0. The van der Waals surface area contributed by atoms with Crippen LogP contribution in [0.5, 0.6) is 0 Å². The Balaban J connectivity index is 3.05. The van der Waals surface area contributed by atoms with Gasteiger partial charge in [0.2, 0.25) is 0 Å². The molecule has 0 aliphatic heterocycles. The summed E-state index contributed by atoms with van der Waals surface area (Å²) >= 11 is 11.4. The Kier molecular flexibility index (Phi) is 2.76. The molecule has 11 heavy (non-hydrogen) atoms. The summed E-state index contributed by atoms with van der Waals surface area (Å²) in [5, 5.41) is 8.36. The van der Waals surface area contributed by atoms with E-state index in [4.69, 9.17) is 28.5 Å². The summed E-state index contributed by atoms with van der Waals surface area (Å²) in [7, 11) is 0. The SMILES string of the molecule is N#CC(Cl)c1ccccc1Cl. The first kappa shape index (κ1) is 8.39. The van der Waals surface area contributed by atoms with Crippen molar-refractivity contribution in [3.05, 3.63) is 34.9 Å². The van der Waals surface area contributed by atoms with E-state index in [0.717, 1.165) is 0 Å². The molecule has 0 amide bonds. The number of benzene rings is 1. The molecule has 0 saturated heterocycles. The van der Waals surface area contributed by atoms with Crippen molar-refractivity contribution in [3.8, 4) is 6.07 Å². The number of alkyl halides is 1. The van der Waals surface area contributed by atoms with Crippen LogP contribution in [0.25, 0.3) is 0 Å². The fourth-order valence-corrected chi connectivity index (χ4v) is 1.24. The molecule has 0 fully saturated rings. The lowest BCUT2D eigenvalue weighted by Gasteiger charge is -2.01. The Bertz CT molecular complexity index is 290. The van der Waals surface area contributed by atoms with Crippen molar-refractivity contribution >= 4 is 23.2 Å². The van der Waals surface area contributed by atoms with E-state index in [1.54, 1.807) is 24.3 Å². The van der Waals surface area contributed by atoms with Gasteiger partial charge in [0, 0.05) is 10.6 Å². The van der Waals surface area contributed by atoms with E-state index < -0.39 is 5.38 Å². The zero-order chi connectivity index (χ0) is 8.27. The van der Waals surface area contributed by atoms with Gasteiger partial charge in [-0.1, -0.05) is 29.8 Å². The average molecular weight is 186 g/mol. The minimum Gasteiger partial charge on any atom is -0.196 e. The third-order valence-corrected chi connectivity index (χ3v) is 1.97. The molecule has 1 aromatic rings. The van der Waals surface area contributed by atoms with Crippen LogP contribution in [0.2, 0.25) is 5.02 Å². The smallest absolute Gasteiger partial charge is 0.146 e. The van der Waals surface area contributed by atoms with Crippen LogP contribution in [-0.4, -0.2) is 0 Å². The van der Waals surface area contributed by atoms with Crippen molar-refractivity contribution < 1.29 is 0 Å². The first-order chi connectivity index (χ1) is 5.25. The van der Waals surface area contributed by atoms with Gasteiger partial charge < -0.3 is 0 Å². The molecule has 1 atom stereocenters. The lowest BCUT2D eigenvalue weighted by molar-refractivity contribution is 1.21. The van der Waals surface area contributed by atoms with Crippen molar-refractivity contribution in [2.45, 2.75) is 5.38 Å². The summed E-state index contributed by atoms with van der Waals surface area (Å²) in [4.78, 5) is 0. The summed E-state index contributed by atoms with van der Waals surface area (Å²) in [5.74, 6) is 0. The van der Waals surface area contributed by atoms with E-state index in [1.807, 2.05) is 6.07 Å². The number of hydrogen-bond acceptors (Lipinski definition) is 1. The van der Waals surface area contributed by atoms with Crippen LogP contribution in [0.15, 0.2) is 24.3 Å². The number of rotatable bonds is 1. The van der Waals surface area contributed by atoms with Crippen molar-refractivity contribution in [1.29, 1.82) is 5.26 Å². The van der Waals surface area contributed by atoms with Crippen LogP contribution in [-0.2, 0) is 0 Å². The first-order valence-electron chi connectivity index (χ1n) is 3.04. The highest BCUT2D eigenvalue weighted by Gasteiger charge is 2.08. The van der Waals surface area contributed by atoms with Gasteiger partial charge in [-0.15, -0.1) is 11.6 Å². The molecular weight excluding hydrogens is 181 g/mol. The molecule has 0 spiro atoms.